The molecular formula is C19H18FN3O3. The Hall–Kier alpha value is -3.22. The van der Waals surface area contributed by atoms with E-state index in [9.17, 15) is 9.18 Å². The molecule has 0 fully saturated rings. The maximum absolute atomic E-state index is 13.3. The number of ether oxygens (including phenoxy) is 1. The number of hydrogen-bond acceptors (Lipinski definition) is 5. The van der Waals surface area contributed by atoms with E-state index < -0.39 is 0 Å². The first kappa shape index (κ1) is 17.6. The van der Waals surface area contributed by atoms with Crippen LogP contribution in [0.4, 0.5) is 10.1 Å². The molecule has 1 N–H and O–H groups in total. The van der Waals surface area contributed by atoms with Crippen LogP contribution < -0.4 is 10.1 Å². The summed E-state index contributed by atoms with van der Waals surface area (Å²) in [6, 6.07) is 11.5. The Balaban J connectivity index is 1.61. The lowest BCUT2D eigenvalue weighted by atomic mass is 10.2. The predicted octanol–water partition coefficient (Wildman–Crippen LogP) is 3.76. The van der Waals surface area contributed by atoms with Crippen LogP contribution in [0.15, 0.2) is 47.0 Å². The summed E-state index contributed by atoms with van der Waals surface area (Å²) < 4.78 is 23.6. The number of benzene rings is 2. The number of carbonyl (C=O) groups is 1. The fourth-order valence-electron chi connectivity index (χ4n) is 2.45. The zero-order chi connectivity index (χ0) is 18.5. The predicted molar refractivity (Wildman–Crippen MR) is 94.4 cm³/mol. The second-order valence-electron chi connectivity index (χ2n) is 5.77. The van der Waals surface area contributed by atoms with Gasteiger partial charge in [-0.25, -0.2) is 4.39 Å². The van der Waals surface area contributed by atoms with Crippen LogP contribution in [0.2, 0.25) is 0 Å². The molecule has 1 heterocycles. The van der Waals surface area contributed by atoms with Gasteiger partial charge in [0.05, 0.1) is 12.8 Å². The normalized spacial score (nSPS) is 10.6. The van der Waals surface area contributed by atoms with Crippen molar-refractivity contribution in [3.63, 3.8) is 0 Å². The molecule has 3 aromatic rings. The summed E-state index contributed by atoms with van der Waals surface area (Å²) in [5.74, 6) is 0.630. The van der Waals surface area contributed by atoms with Gasteiger partial charge >= 0.3 is 0 Å². The van der Waals surface area contributed by atoms with Gasteiger partial charge in [0, 0.05) is 18.4 Å². The highest BCUT2D eigenvalue weighted by atomic mass is 19.1. The summed E-state index contributed by atoms with van der Waals surface area (Å²) in [5.41, 5.74) is 2.15. The zero-order valence-corrected chi connectivity index (χ0v) is 14.5. The van der Waals surface area contributed by atoms with Gasteiger partial charge in [0.2, 0.25) is 17.6 Å². The van der Waals surface area contributed by atoms with Crippen LogP contribution in [0, 0.1) is 12.7 Å². The van der Waals surface area contributed by atoms with Crippen LogP contribution >= 0.6 is 0 Å². The molecule has 0 aliphatic heterocycles. The lowest BCUT2D eigenvalue weighted by Gasteiger charge is -2.10. The molecule has 6 nitrogen and oxygen atoms in total. The van der Waals surface area contributed by atoms with E-state index in [-0.39, 0.29) is 24.6 Å². The number of halogens is 1. The Labute approximate surface area is 150 Å². The fourth-order valence-corrected chi connectivity index (χ4v) is 2.45. The van der Waals surface area contributed by atoms with Crippen LogP contribution in [0.25, 0.3) is 11.4 Å². The molecule has 1 amide bonds. The van der Waals surface area contributed by atoms with Gasteiger partial charge in [-0.1, -0.05) is 23.4 Å². The van der Waals surface area contributed by atoms with Crippen molar-refractivity contribution in [2.24, 2.45) is 0 Å². The standard InChI is InChI=1S/C19H18FN3O3/c1-12-6-7-16(25-2)15(10-12)21-17(24)8-9-18-22-19(23-26-18)13-4-3-5-14(20)11-13/h3-7,10-11H,8-9H2,1-2H3,(H,21,24). The van der Waals surface area contributed by atoms with Crippen molar-refractivity contribution in [1.29, 1.82) is 0 Å². The molecule has 3 rings (SSSR count). The highest BCUT2D eigenvalue weighted by molar-refractivity contribution is 5.92. The maximum atomic E-state index is 13.3. The number of aromatic nitrogens is 2. The average molecular weight is 355 g/mol. The van der Waals surface area contributed by atoms with Crippen LogP contribution in [0.3, 0.4) is 0 Å². The van der Waals surface area contributed by atoms with Crippen molar-refractivity contribution in [2.45, 2.75) is 19.8 Å². The molecule has 7 heteroatoms. The van der Waals surface area contributed by atoms with E-state index in [1.165, 1.54) is 12.1 Å². The van der Waals surface area contributed by atoms with Gasteiger partial charge in [-0.15, -0.1) is 0 Å². The maximum Gasteiger partial charge on any atom is 0.227 e. The van der Waals surface area contributed by atoms with Crippen molar-refractivity contribution in [3.8, 4) is 17.1 Å². The van der Waals surface area contributed by atoms with Gasteiger partial charge in [0.25, 0.3) is 0 Å². The van der Waals surface area contributed by atoms with Gasteiger partial charge in [-0.05, 0) is 36.8 Å². The Bertz CT molecular complexity index is 924. The molecule has 2 aromatic carbocycles. The molecule has 0 aliphatic carbocycles. The molecule has 26 heavy (non-hydrogen) atoms. The zero-order valence-electron chi connectivity index (χ0n) is 14.5. The largest absolute Gasteiger partial charge is 0.495 e. The number of nitrogens with one attached hydrogen (secondary N) is 1. The summed E-state index contributed by atoms with van der Waals surface area (Å²) in [6.07, 6.45) is 0.449. The van der Waals surface area contributed by atoms with E-state index >= 15 is 0 Å². The molecule has 134 valence electrons. The number of amides is 1. The lowest BCUT2D eigenvalue weighted by Crippen LogP contribution is -2.13. The second kappa shape index (κ2) is 7.77. The third-order valence-corrected chi connectivity index (χ3v) is 3.75. The van der Waals surface area contributed by atoms with E-state index in [0.29, 0.717) is 28.7 Å². The van der Waals surface area contributed by atoms with E-state index in [2.05, 4.69) is 15.5 Å². The summed E-state index contributed by atoms with van der Waals surface area (Å²) in [5, 5.41) is 6.64. The van der Waals surface area contributed by atoms with Gasteiger partial charge in [-0.2, -0.15) is 4.98 Å². The summed E-state index contributed by atoms with van der Waals surface area (Å²) in [6.45, 7) is 1.93. The Morgan fingerprint density at radius 3 is 2.88 bits per heavy atom. The molecule has 0 saturated carbocycles. The van der Waals surface area contributed by atoms with E-state index in [0.717, 1.165) is 5.56 Å². The smallest absolute Gasteiger partial charge is 0.227 e. The SMILES string of the molecule is COc1ccc(C)cc1NC(=O)CCc1nc(-c2cccc(F)c2)no1. The number of rotatable bonds is 6. The Morgan fingerprint density at radius 2 is 2.12 bits per heavy atom. The quantitative estimate of drug-likeness (QED) is 0.728. The number of methoxy groups -OCH3 is 1. The molecule has 1 aromatic heterocycles. The molecule has 0 atom stereocenters. The minimum atomic E-state index is -0.375. The van der Waals surface area contributed by atoms with Crippen LogP contribution in [-0.2, 0) is 11.2 Å². The molecule has 0 aliphatic rings. The number of hydrogen-bond donors (Lipinski definition) is 1. The molecule has 0 radical (unpaired) electrons. The summed E-state index contributed by atoms with van der Waals surface area (Å²) in [4.78, 5) is 16.4. The van der Waals surface area contributed by atoms with Crippen LogP contribution in [0.1, 0.15) is 17.9 Å². The molecule has 0 saturated heterocycles. The van der Waals surface area contributed by atoms with Crippen molar-refractivity contribution in [3.05, 3.63) is 59.7 Å². The highest BCUT2D eigenvalue weighted by Crippen LogP contribution is 2.25. The van der Waals surface area contributed by atoms with Crippen molar-refractivity contribution < 1.29 is 18.4 Å². The van der Waals surface area contributed by atoms with Gasteiger partial charge in [-0.3, -0.25) is 4.79 Å². The fraction of sp³-hybridized carbons (Fsp3) is 0.211. The van der Waals surface area contributed by atoms with Gasteiger partial charge in [0.1, 0.15) is 11.6 Å². The summed E-state index contributed by atoms with van der Waals surface area (Å²) in [7, 11) is 1.55. The van der Waals surface area contributed by atoms with Crippen molar-refractivity contribution in [2.75, 3.05) is 12.4 Å². The van der Waals surface area contributed by atoms with E-state index in [1.807, 2.05) is 19.1 Å². The Kier molecular flexibility index (Phi) is 5.26. The lowest BCUT2D eigenvalue weighted by molar-refractivity contribution is -0.116. The highest BCUT2D eigenvalue weighted by Gasteiger charge is 2.13. The summed E-state index contributed by atoms with van der Waals surface area (Å²) >= 11 is 0. The Morgan fingerprint density at radius 1 is 1.27 bits per heavy atom. The first-order valence-corrected chi connectivity index (χ1v) is 8.08. The molecular weight excluding hydrogens is 337 g/mol. The number of nitrogens with zero attached hydrogens (tertiary/aromatic N) is 2. The minimum absolute atomic E-state index is 0.169. The number of anilines is 1. The third kappa shape index (κ3) is 4.24. The van der Waals surface area contributed by atoms with E-state index in [4.69, 9.17) is 9.26 Å². The number of aryl methyl sites for hydroxylation is 2. The monoisotopic (exact) mass is 355 g/mol. The van der Waals surface area contributed by atoms with Crippen LogP contribution in [0.5, 0.6) is 5.75 Å². The first-order valence-electron chi connectivity index (χ1n) is 8.08. The topological polar surface area (TPSA) is 77.2 Å². The van der Waals surface area contributed by atoms with Gasteiger partial charge < -0.3 is 14.6 Å². The van der Waals surface area contributed by atoms with Crippen LogP contribution in [-0.4, -0.2) is 23.2 Å². The third-order valence-electron chi connectivity index (χ3n) is 3.75. The average Bonchev–Trinajstić information content (AvgIpc) is 3.09. The molecule has 0 unspecified atom stereocenters. The van der Waals surface area contributed by atoms with E-state index in [1.54, 1.807) is 25.3 Å². The second-order valence-corrected chi connectivity index (χ2v) is 5.77. The number of carbonyl (C=O) groups excluding carboxylic acids is 1. The molecule has 0 bridgehead atoms. The van der Waals surface area contributed by atoms with Crippen molar-refractivity contribution >= 4 is 11.6 Å². The minimum Gasteiger partial charge on any atom is -0.495 e. The van der Waals surface area contributed by atoms with Crippen molar-refractivity contribution in [1.82, 2.24) is 10.1 Å². The molecule has 0 spiro atoms. The van der Waals surface area contributed by atoms with Gasteiger partial charge in [0.15, 0.2) is 0 Å². The first-order chi connectivity index (χ1) is 12.5.